The zero-order valence-electron chi connectivity index (χ0n) is 19.8. The molecule has 5 heterocycles. The highest BCUT2D eigenvalue weighted by Gasteiger charge is 2.44. The molecule has 2 aromatic heterocycles. The summed E-state index contributed by atoms with van der Waals surface area (Å²) in [6.45, 7) is 1.97. The molecule has 1 atom stereocenters. The second-order valence-corrected chi connectivity index (χ2v) is 10.5. The summed E-state index contributed by atoms with van der Waals surface area (Å²) in [5.74, 6) is 0.597. The summed E-state index contributed by atoms with van der Waals surface area (Å²) >= 11 is 1.62. The van der Waals surface area contributed by atoms with Gasteiger partial charge in [0, 0.05) is 57.0 Å². The van der Waals surface area contributed by atoms with Crippen molar-refractivity contribution >= 4 is 47.0 Å². The Hall–Kier alpha value is -3.33. The van der Waals surface area contributed by atoms with E-state index in [4.69, 9.17) is 0 Å². The van der Waals surface area contributed by atoms with Crippen molar-refractivity contribution in [1.29, 1.82) is 0 Å². The van der Waals surface area contributed by atoms with Crippen molar-refractivity contribution < 1.29 is 14.4 Å². The highest BCUT2D eigenvalue weighted by molar-refractivity contribution is 7.10. The Morgan fingerprint density at radius 2 is 1.97 bits per heavy atom. The number of nitrogens with one attached hydrogen (secondary N) is 1. The molecular weight excluding hydrogens is 462 g/mol. The number of hydrogen-bond donors (Lipinski definition) is 1. The number of fused-ring (bicyclic) bond motifs is 1. The van der Waals surface area contributed by atoms with E-state index in [1.54, 1.807) is 47.8 Å². The molecule has 0 aromatic carbocycles. The van der Waals surface area contributed by atoms with E-state index in [0.29, 0.717) is 51.1 Å². The number of likely N-dealkylation sites (tertiary alicyclic amines) is 2. The van der Waals surface area contributed by atoms with Gasteiger partial charge in [-0.05, 0) is 61.4 Å². The van der Waals surface area contributed by atoms with E-state index >= 15 is 0 Å². The number of carbonyl (C=O) groups is 3. The third-order valence-corrected chi connectivity index (χ3v) is 8.04. The number of pyridine rings is 1. The maximum Gasteiger partial charge on any atom is 0.246 e. The van der Waals surface area contributed by atoms with Crippen LogP contribution in [0.3, 0.4) is 0 Å². The number of aromatic nitrogens is 2. The quantitative estimate of drug-likeness (QED) is 0.664. The molecule has 1 N–H and O–H groups in total. The average molecular weight is 492 g/mol. The van der Waals surface area contributed by atoms with Crippen LogP contribution in [-0.2, 0) is 20.8 Å². The molecule has 0 bridgehead atoms. The molecule has 8 nitrogen and oxygen atoms in total. The first-order chi connectivity index (χ1) is 16.9. The summed E-state index contributed by atoms with van der Waals surface area (Å²) in [5, 5.41) is 5.93. The molecule has 182 valence electrons. The zero-order valence-corrected chi connectivity index (χ0v) is 20.6. The minimum atomic E-state index is -0.592. The van der Waals surface area contributed by atoms with E-state index in [0.717, 1.165) is 29.0 Å². The maximum absolute atomic E-state index is 12.9. The van der Waals surface area contributed by atoms with Crippen LogP contribution in [0.2, 0.25) is 0 Å². The van der Waals surface area contributed by atoms with E-state index < -0.39 is 5.41 Å². The highest BCUT2D eigenvalue weighted by atomic mass is 32.1. The number of thiazole rings is 1. The smallest absolute Gasteiger partial charge is 0.246 e. The molecule has 0 aliphatic carbocycles. The molecule has 0 radical (unpaired) electrons. The van der Waals surface area contributed by atoms with Gasteiger partial charge in [0.1, 0.15) is 10.8 Å². The first-order valence-electron chi connectivity index (χ1n) is 12.0. The molecule has 3 aliphatic rings. The largest absolute Gasteiger partial charge is 0.346 e. The molecule has 3 aliphatic heterocycles. The normalized spacial score (nSPS) is 22.8. The van der Waals surface area contributed by atoms with Crippen LogP contribution >= 0.6 is 11.3 Å². The molecule has 2 saturated heterocycles. The van der Waals surface area contributed by atoms with Crippen LogP contribution in [-0.4, -0.2) is 64.2 Å². The molecular formula is C26H29N5O3S. The van der Waals surface area contributed by atoms with Crippen LogP contribution in [0.1, 0.15) is 48.2 Å². The molecule has 5 rings (SSSR count). The minimum absolute atomic E-state index is 0.00823. The Morgan fingerprint density at radius 3 is 2.74 bits per heavy atom. The predicted molar refractivity (Wildman–Crippen MR) is 135 cm³/mol. The lowest BCUT2D eigenvalue weighted by Gasteiger charge is -2.35. The van der Waals surface area contributed by atoms with Crippen LogP contribution in [0.15, 0.2) is 35.5 Å². The number of anilines is 1. The Labute approximate surface area is 208 Å². The van der Waals surface area contributed by atoms with E-state index in [-0.39, 0.29) is 17.7 Å². The van der Waals surface area contributed by atoms with Crippen molar-refractivity contribution in [2.45, 2.75) is 38.5 Å². The van der Waals surface area contributed by atoms with Gasteiger partial charge in [0.2, 0.25) is 17.7 Å². The predicted octanol–water partition coefficient (Wildman–Crippen LogP) is 3.38. The molecule has 2 fully saturated rings. The summed E-state index contributed by atoms with van der Waals surface area (Å²) in [6.07, 6.45) is 12.8. The summed E-state index contributed by atoms with van der Waals surface area (Å²) in [4.78, 5) is 50.2. The van der Waals surface area contributed by atoms with E-state index in [2.05, 4.69) is 21.4 Å². The first kappa shape index (κ1) is 23.4. The second kappa shape index (κ2) is 9.73. The van der Waals surface area contributed by atoms with Gasteiger partial charge in [-0.2, -0.15) is 0 Å². The number of rotatable bonds is 3. The lowest BCUT2D eigenvalue weighted by molar-refractivity contribution is -0.129. The van der Waals surface area contributed by atoms with Crippen molar-refractivity contribution in [1.82, 2.24) is 19.8 Å². The zero-order chi connectivity index (χ0) is 24.4. The fourth-order valence-corrected chi connectivity index (χ4v) is 5.65. The van der Waals surface area contributed by atoms with Gasteiger partial charge in [-0.25, -0.2) is 9.97 Å². The van der Waals surface area contributed by atoms with Crippen molar-refractivity contribution in [3.8, 4) is 0 Å². The van der Waals surface area contributed by atoms with Gasteiger partial charge >= 0.3 is 0 Å². The standard InChI is InChI=1S/C26H29N5O3S/c1-30-12-8-26(7-4-22(30)32)16-20-14-19(17-28-24(20)29-25(26)34)2-3-23(33)31-10-5-18(6-11-31)15-21-27-9-13-35-21/h2-3,9,13-15,17H,4-8,10-12,16H2,1H3,(H,28,29,34)/b3-2+. The third-order valence-electron chi connectivity index (χ3n) is 7.31. The molecule has 1 spiro atoms. The molecule has 3 amide bonds. The fraction of sp³-hybridized carbons (Fsp3) is 0.423. The molecule has 35 heavy (non-hydrogen) atoms. The Morgan fingerprint density at radius 1 is 1.14 bits per heavy atom. The summed E-state index contributed by atoms with van der Waals surface area (Å²) in [7, 11) is 1.79. The number of piperidine rings is 1. The van der Waals surface area contributed by atoms with E-state index in [1.165, 1.54) is 5.57 Å². The fourth-order valence-electron chi connectivity index (χ4n) is 5.04. The topological polar surface area (TPSA) is 95.5 Å². The number of amides is 3. The van der Waals surface area contributed by atoms with Crippen LogP contribution in [0.4, 0.5) is 5.82 Å². The highest BCUT2D eigenvalue weighted by Crippen LogP contribution is 2.41. The Balaban J connectivity index is 1.24. The third kappa shape index (κ3) is 5.05. The molecule has 0 saturated carbocycles. The summed E-state index contributed by atoms with van der Waals surface area (Å²) in [5.41, 5.74) is 2.51. The van der Waals surface area contributed by atoms with Gasteiger partial charge in [-0.3, -0.25) is 14.4 Å². The summed E-state index contributed by atoms with van der Waals surface area (Å²) in [6, 6.07) is 1.99. The SMILES string of the molecule is CN1CCC2(CCC1=O)Cc1cc(/C=C/C(=O)N3CCC(=Cc4nccs4)CC3)cnc1NC2=O. The van der Waals surface area contributed by atoms with Crippen molar-refractivity contribution in [2.75, 3.05) is 32.0 Å². The number of hydrogen-bond acceptors (Lipinski definition) is 6. The molecule has 1 unspecified atom stereocenters. The lowest BCUT2D eigenvalue weighted by atomic mass is 9.73. The van der Waals surface area contributed by atoms with Crippen LogP contribution in [0.5, 0.6) is 0 Å². The van der Waals surface area contributed by atoms with Gasteiger partial charge in [0.25, 0.3) is 0 Å². The van der Waals surface area contributed by atoms with Gasteiger partial charge in [-0.15, -0.1) is 11.3 Å². The van der Waals surface area contributed by atoms with E-state index in [1.807, 2.05) is 16.3 Å². The average Bonchev–Trinajstić information content (AvgIpc) is 3.33. The Kier molecular flexibility index (Phi) is 6.51. The van der Waals surface area contributed by atoms with Gasteiger partial charge < -0.3 is 15.1 Å². The van der Waals surface area contributed by atoms with Crippen LogP contribution < -0.4 is 5.32 Å². The van der Waals surface area contributed by atoms with Crippen molar-refractivity contribution in [2.24, 2.45) is 5.41 Å². The lowest BCUT2D eigenvalue weighted by Crippen LogP contribution is -2.42. The van der Waals surface area contributed by atoms with Gasteiger partial charge in [0.15, 0.2) is 0 Å². The van der Waals surface area contributed by atoms with Gasteiger partial charge in [0.05, 0.1) is 5.41 Å². The Bertz CT molecular complexity index is 1200. The molecule has 2 aromatic rings. The van der Waals surface area contributed by atoms with Crippen LogP contribution in [0.25, 0.3) is 12.2 Å². The van der Waals surface area contributed by atoms with Gasteiger partial charge in [-0.1, -0.05) is 5.57 Å². The first-order valence-corrected chi connectivity index (χ1v) is 12.9. The second-order valence-electron chi connectivity index (χ2n) is 9.58. The van der Waals surface area contributed by atoms with Crippen LogP contribution in [0, 0.1) is 5.41 Å². The van der Waals surface area contributed by atoms with Crippen molar-refractivity contribution in [3.05, 3.63) is 51.6 Å². The van der Waals surface area contributed by atoms with Crippen molar-refractivity contribution in [3.63, 3.8) is 0 Å². The minimum Gasteiger partial charge on any atom is -0.346 e. The maximum atomic E-state index is 12.9. The number of carbonyl (C=O) groups excluding carboxylic acids is 3. The van der Waals surface area contributed by atoms with E-state index in [9.17, 15) is 14.4 Å². The monoisotopic (exact) mass is 491 g/mol. The molecule has 9 heteroatoms. The summed E-state index contributed by atoms with van der Waals surface area (Å²) < 4.78 is 0. The number of nitrogens with zero attached hydrogens (tertiary/aromatic N) is 4.